The first-order valence-corrected chi connectivity index (χ1v) is 8.91. The lowest BCUT2D eigenvalue weighted by atomic mass is 10.1. The Morgan fingerprint density at radius 3 is 2.78 bits per heavy atom. The summed E-state index contributed by atoms with van der Waals surface area (Å²) in [5.41, 5.74) is 2.49. The predicted octanol–water partition coefficient (Wildman–Crippen LogP) is 4.09. The molecule has 2 aromatic heterocycles. The average molecular weight is 424 g/mol. The van der Waals surface area contributed by atoms with Crippen LogP contribution in [0, 0.1) is 0 Å². The number of rotatable bonds is 4. The third kappa shape index (κ3) is 3.13. The van der Waals surface area contributed by atoms with E-state index in [-0.39, 0.29) is 11.3 Å². The summed E-state index contributed by atoms with van der Waals surface area (Å²) in [7, 11) is 0. The third-order valence-corrected chi connectivity index (χ3v) is 4.79. The Morgan fingerprint density at radius 1 is 1.07 bits per heavy atom. The molecular weight excluding hydrogens is 410 g/mol. The van der Waals surface area contributed by atoms with Crippen LogP contribution in [0.3, 0.4) is 0 Å². The molecule has 6 nitrogen and oxygen atoms in total. The average Bonchev–Trinajstić information content (AvgIpc) is 3.26. The number of aromatic hydroxyl groups is 1. The predicted molar refractivity (Wildman–Crippen MR) is 107 cm³/mol. The highest BCUT2D eigenvalue weighted by atomic mass is 79.9. The first-order valence-electron chi connectivity index (χ1n) is 8.12. The van der Waals surface area contributed by atoms with Crippen LogP contribution in [0.1, 0.15) is 15.9 Å². The number of hydrogen-bond acceptors (Lipinski definition) is 3. The first-order chi connectivity index (χ1) is 13.0. The number of amides is 1. The van der Waals surface area contributed by atoms with Crippen molar-refractivity contribution in [2.24, 2.45) is 0 Å². The van der Waals surface area contributed by atoms with Crippen LogP contribution in [0.2, 0.25) is 0 Å². The lowest BCUT2D eigenvalue weighted by molar-refractivity contribution is -0.116. The number of carbonyl (C=O) groups excluding carboxylic acids is 2. The standard InChI is InChI=1S/C20H14BrN3O3/c21-12-4-5-16-14(8-12)11(9-23-16)6-7-22-20(27)19(26)15-10-24-18-13(15)2-1-3-17(18)25/h1-10,23-25H,(H,22,27)/b7-6+. The van der Waals surface area contributed by atoms with Crippen molar-refractivity contribution in [1.29, 1.82) is 0 Å². The molecule has 0 saturated carbocycles. The SMILES string of the molecule is O=C(N/C=C/c1c[nH]c2ccc(Br)cc12)C(=O)c1c[nH]c2c(O)cccc12. The molecule has 27 heavy (non-hydrogen) atoms. The van der Waals surface area contributed by atoms with Crippen molar-refractivity contribution in [1.82, 2.24) is 15.3 Å². The lowest BCUT2D eigenvalue weighted by Crippen LogP contribution is -2.26. The van der Waals surface area contributed by atoms with Gasteiger partial charge in [0.2, 0.25) is 0 Å². The Kier molecular flexibility index (Phi) is 4.29. The van der Waals surface area contributed by atoms with Gasteiger partial charge in [0.15, 0.2) is 0 Å². The molecule has 0 aliphatic rings. The van der Waals surface area contributed by atoms with Gasteiger partial charge in [-0.2, -0.15) is 0 Å². The molecule has 1 amide bonds. The number of fused-ring (bicyclic) bond motifs is 2. The largest absolute Gasteiger partial charge is 0.506 e. The summed E-state index contributed by atoms with van der Waals surface area (Å²) in [6.45, 7) is 0. The number of para-hydroxylation sites is 1. The highest BCUT2D eigenvalue weighted by Crippen LogP contribution is 2.26. The van der Waals surface area contributed by atoms with Crippen molar-refractivity contribution in [3.8, 4) is 5.75 Å². The number of Topliss-reactive ketones (excluding diaryl/α,β-unsaturated/α-hetero) is 1. The Hall–Kier alpha value is -3.32. The van der Waals surface area contributed by atoms with Gasteiger partial charge in [0.25, 0.3) is 11.7 Å². The van der Waals surface area contributed by atoms with Crippen molar-refractivity contribution in [2.45, 2.75) is 0 Å². The molecule has 4 N–H and O–H groups in total. The van der Waals surface area contributed by atoms with Gasteiger partial charge < -0.3 is 20.4 Å². The lowest BCUT2D eigenvalue weighted by Gasteiger charge is -1.99. The molecule has 4 aromatic rings. The van der Waals surface area contributed by atoms with Gasteiger partial charge in [-0.05, 0) is 30.3 Å². The fraction of sp³-hybridized carbons (Fsp3) is 0. The van der Waals surface area contributed by atoms with E-state index in [0.29, 0.717) is 10.9 Å². The van der Waals surface area contributed by atoms with E-state index < -0.39 is 11.7 Å². The van der Waals surface area contributed by atoms with Crippen LogP contribution in [-0.2, 0) is 4.79 Å². The van der Waals surface area contributed by atoms with Gasteiger partial charge in [-0.15, -0.1) is 0 Å². The first kappa shape index (κ1) is 17.1. The minimum Gasteiger partial charge on any atom is -0.506 e. The summed E-state index contributed by atoms with van der Waals surface area (Å²) in [5.74, 6) is -1.41. The van der Waals surface area contributed by atoms with E-state index in [9.17, 15) is 14.7 Å². The number of H-pyrrole nitrogens is 2. The second kappa shape index (κ2) is 6.77. The van der Waals surface area contributed by atoms with Crippen molar-refractivity contribution in [3.63, 3.8) is 0 Å². The van der Waals surface area contributed by atoms with E-state index in [4.69, 9.17) is 0 Å². The Morgan fingerprint density at radius 2 is 1.93 bits per heavy atom. The van der Waals surface area contributed by atoms with E-state index in [0.717, 1.165) is 20.9 Å². The number of hydrogen-bond donors (Lipinski definition) is 4. The van der Waals surface area contributed by atoms with Gasteiger partial charge in [-0.1, -0.05) is 28.1 Å². The minimum absolute atomic E-state index is 0.0253. The fourth-order valence-corrected chi connectivity index (χ4v) is 3.33. The minimum atomic E-state index is -0.753. The zero-order chi connectivity index (χ0) is 19.0. The molecule has 0 radical (unpaired) electrons. The number of nitrogens with one attached hydrogen (secondary N) is 3. The molecule has 0 saturated heterocycles. The number of halogens is 1. The van der Waals surface area contributed by atoms with Crippen molar-refractivity contribution >= 4 is 55.5 Å². The number of phenolic OH excluding ortho intramolecular Hbond substituents is 1. The number of benzene rings is 2. The molecule has 0 spiro atoms. The fourth-order valence-electron chi connectivity index (χ4n) is 2.97. The molecule has 0 bridgehead atoms. The molecule has 4 rings (SSSR count). The van der Waals surface area contributed by atoms with E-state index in [1.165, 1.54) is 18.5 Å². The van der Waals surface area contributed by atoms with Crippen LogP contribution in [-0.4, -0.2) is 26.8 Å². The van der Waals surface area contributed by atoms with E-state index >= 15 is 0 Å². The number of carbonyl (C=O) groups is 2. The van der Waals surface area contributed by atoms with Crippen LogP contribution >= 0.6 is 15.9 Å². The Bertz CT molecular complexity index is 1220. The van der Waals surface area contributed by atoms with Gasteiger partial charge in [-0.3, -0.25) is 9.59 Å². The molecule has 7 heteroatoms. The zero-order valence-electron chi connectivity index (χ0n) is 13.9. The van der Waals surface area contributed by atoms with E-state index in [1.54, 1.807) is 18.2 Å². The topological polar surface area (TPSA) is 98.0 Å². The zero-order valence-corrected chi connectivity index (χ0v) is 15.5. The summed E-state index contributed by atoms with van der Waals surface area (Å²) in [6, 6.07) is 10.7. The molecule has 0 aliphatic carbocycles. The van der Waals surface area contributed by atoms with Gasteiger partial charge in [0.1, 0.15) is 5.75 Å². The molecule has 0 aliphatic heterocycles. The molecule has 0 fully saturated rings. The summed E-state index contributed by atoms with van der Waals surface area (Å²) in [6.07, 6.45) is 6.41. The van der Waals surface area contributed by atoms with Crippen LogP contribution in [0.25, 0.3) is 27.9 Å². The summed E-state index contributed by atoms with van der Waals surface area (Å²) >= 11 is 3.44. The van der Waals surface area contributed by atoms with Crippen molar-refractivity contribution in [2.75, 3.05) is 0 Å². The number of phenols is 1. The Labute approximate surface area is 162 Å². The van der Waals surface area contributed by atoms with Crippen LogP contribution in [0.4, 0.5) is 0 Å². The number of aromatic nitrogens is 2. The van der Waals surface area contributed by atoms with Gasteiger partial charge in [0.05, 0.1) is 11.1 Å². The van der Waals surface area contributed by atoms with Gasteiger partial charge >= 0.3 is 0 Å². The van der Waals surface area contributed by atoms with Crippen molar-refractivity contribution < 1.29 is 14.7 Å². The second-order valence-corrected chi connectivity index (χ2v) is 6.89. The van der Waals surface area contributed by atoms with E-state index in [1.807, 2.05) is 24.4 Å². The quantitative estimate of drug-likeness (QED) is 0.294. The highest BCUT2D eigenvalue weighted by molar-refractivity contribution is 9.10. The van der Waals surface area contributed by atoms with Gasteiger partial charge in [-0.25, -0.2) is 0 Å². The second-order valence-electron chi connectivity index (χ2n) is 5.97. The molecule has 2 heterocycles. The maximum absolute atomic E-state index is 12.4. The smallest absolute Gasteiger partial charge is 0.296 e. The molecule has 0 unspecified atom stereocenters. The summed E-state index contributed by atoms with van der Waals surface area (Å²) < 4.78 is 0.950. The van der Waals surface area contributed by atoms with Crippen LogP contribution < -0.4 is 5.32 Å². The number of aromatic amines is 2. The maximum Gasteiger partial charge on any atom is 0.296 e. The summed E-state index contributed by atoms with van der Waals surface area (Å²) in [4.78, 5) is 30.6. The summed E-state index contributed by atoms with van der Waals surface area (Å²) in [5, 5.41) is 13.8. The van der Waals surface area contributed by atoms with Crippen molar-refractivity contribution in [3.05, 3.63) is 70.6 Å². The highest BCUT2D eigenvalue weighted by Gasteiger charge is 2.19. The van der Waals surface area contributed by atoms with Gasteiger partial charge in [0, 0.05) is 44.9 Å². The number of ketones is 1. The molecule has 134 valence electrons. The third-order valence-electron chi connectivity index (χ3n) is 4.30. The van der Waals surface area contributed by atoms with E-state index in [2.05, 4.69) is 31.2 Å². The Balaban J connectivity index is 1.53. The monoisotopic (exact) mass is 423 g/mol. The maximum atomic E-state index is 12.4. The molecule has 2 aromatic carbocycles. The van der Waals surface area contributed by atoms with Crippen LogP contribution in [0.15, 0.2) is 59.5 Å². The molecular formula is C20H14BrN3O3. The van der Waals surface area contributed by atoms with Crippen LogP contribution in [0.5, 0.6) is 5.75 Å². The normalized spacial score (nSPS) is 11.4. The molecule has 0 atom stereocenters.